The van der Waals surface area contributed by atoms with Crippen LogP contribution >= 0.6 is 0 Å². The van der Waals surface area contributed by atoms with Gasteiger partial charge in [-0.05, 0) is 118 Å². The van der Waals surface area contributed by atoms with Gasteiger partial charge < -0.3 is 22.8 Å². The lowest BCUT2D eigenvalue weighted by atomic mass is 9.89. The third-order valence-corrected chi connectivity index (χ3v) is 26.7. The molecule has 1 aliphatic carbocycles. The second-order valence-electron chi connectivity index (χ2n) is 16.0. The molecule has 1 aromatic carbocycles. The van der Waals surface area contributed by atoms with Crippen molar-refractivity contribution in [2.24, 2.45) is 11.8 Å². The summed E-state index contributed by atoms with van der Waals surface area (Å²) in [5, 5.41) is 0. The molecule has 0 unspecified atom stereocenters. The van der Waals surface area contributed by atoms with Gasteiger partial charge in [0.25, 0.3) is 0 Å². The molecule has 0 aliphatic heterocycles. The van der Waals surface area contributed by atoms with Crippen molar-refractivity contribution in [3.8, 4) is 5.75 Å². The normalized spacial score (nSPS) is 20.4. The minimum Gasteiger partial charge on any atom is -0.491 e. The third kappa shape index (κ3) is 15.1. The smallest absolute Gasteiger partial charge is 0.416 e. The van der Waals surface area contributed by atoms with Crippen LogP contribution in [-0.4, -0.2) is 61.9 Å². The van der Waals surface area contributed by atoms with Gasteiger partial charge in [-0.1, -0.05) is 92.7 Å². The van der Waals surface area contributed by atoms with Crippen LogP contribution < -0.4 is 4.74 Å². The molecule has 322 valence electrons. The molecule has 1 aromatic rings. The molecule has 0 spiro atoms. The molecule has 12 heteroatoms. The fraction of sp³-hybridized carbons (Fsp3) is 0.750. The monoisotopic (exact) mass is 842 g/mol. The Kier molecular flexibility index (Phi) is 22.0. The Bertz CT molecular complexity index is 1300. The zero-order valence-electron chi connectivity index (χ0n) is 36.8. The molecule has 0 radical (unpaired) electrons. The summed E-state index contributed by atoms with van der Waals surface area (Å²) in [6, 6.07) is 14.3. The molecular weight excluding hydrogens is 766 g/mol. The Labute approximate surface area is 342 Å². The maximum Gasteiger partial charge on any atom is 0.416 e. The largest absolute Gasteiger partial charge is 0.491 e. The van der Waals surface area contributed by atoms with E-state index in [0.29, 0.717) is 6.42 Å². The first-order valence-electron chi connectivity index (χ1n) is 21.9. The second-order valence-corrected chi connectivity index (χ2v) is 30.2. The Hall–Kier alpha value is -1.71. The van der Waals surface area contributed by atoms with Gasteiger partial charge in [0.15, 0.2) is 25.0 Å². The average molecular weight is 843 g/mol. The molecule has 0 saturated heterocycles. The van der Waals surface area contributed by atoms with Crippen molar-refractivity contribution in [1.29, 1.82) is 0 Å². The van der Waals surface area contributed by atoms with Gasteiger partial charge in [0.05, 0.1) is 30.0 Å². The lowest BCUT2D eigenvalue weighted by Crippen LogP contribution is -2.42. The predicted octanol–water partition coefficient (Wildman–Crippen LogP) is 13.5. The zero-order chi connectivity index (χ0) is 42.0. The first-order valence-corrected chi connectivity index (χ1v) is 29.5. The van der Waals surface area contributed by atoms with Gasteiger partial charge in [-0.25, -0.2) is 0 Å². The first kappa shape index (κ1) is 50.4. The fourth-order valence-electron chi connectivity index (χ4n) is 8.26. The number of ether oxygens (including phenoxy) is 2. The summed E-state index contributed by atoms with van der Waals surface area (Å²) in [6.07, 6.45) is 7.50. The average Bonchev–Trinajstić information content (AvgIpc) is 3.50. The number of hydrogen-bond acceptors (Lipinski definition) is 6. The number of halogens is 3. The number of unbranched alkanes of at least 4 members (excludes halogenated alkanes) is 1. The number of rotatable bonds is 27. The van der Waals surface area contributed by atoms with Crippen molar-refractivity contribution in [2.75, 3.05) is 6.61 Å². The summed E-state index contributed by atoms with van der Waals surface area (Å²) in [5.74, 6) is 0.246. The standard InChI is InChI=1S/C44H77F3O6Si3/c1-12-54(13-2,14-3)51-38(34-49-37-27-25-26-36(32-37)44(45,46)47)30-31-40-39(28-23-21-22-24-29-43(48)50-35(10)11)41(52-55(15-4,16-5)17-6)33-42(40)53-56(18-7,19-8)20-9/h21,23,25-27,30-32,35,38-42H,12-20,22,24,28-29,33-34H2,1-11H3/b23-21+,31-30+/t38-,39-,40-,41+,42-/m1/s1. The zero-order valence-corrected chi connectivity index (χ0v) is 39.8. The van der Waals surface area contributed by atoms with Crippen LogP contribution in [0.5, 0.6) is 5.75 Å². The van der Waals surface area contributed by atoms with Gasteiger partial charge in [-0.3, -0.25) is 4.79 Å². The molecule has 2 rings (SSSR count). The van der Waals surface area contributed by atoms with E-state index in [1.165, 1.54) is 6.07 Å². The van der Waals surface area contributed by atoms with E-state index in [4.69, 9.17) is 22.8 Å². The Morgan fingerprint density at radius 3 is 1.88 bits per heavy atom. The summed E-state index contributed by atoms with van der Waals surface area (Å²) in [4.78, 5) is 12.1. The van der Waals surface area contributed by atoms with E-state index in [9.17, 15) is 18.0 Å². The van der Waals surface area contributed by atoms with E-state index in [1.807, 2.05) is 13.8 Å². The Morgan fingerprint density at radius 1 is 0.804 bits per heavy atom. The van der Waals surface area contributed by atoms with Crippen LogP contribution in [0.4, 0.5) is 13.2 Å². The first-order chi connectivity index (χ1) is 26.6. The van der Waals surface area contributed by atoms with E-state index < -0.39 is 42.8 Å². The molecule has 0 aromatic heterocycles. The molecule has 0 bridgehead atoms. The van der Waals surface area contributed by atoms with Crippen LogP contribution in [0, 0.1) is 11.8 Å². The van der Waals surface area contributed by atoms with E-state index in [1.54, 1.807) is 6.07 Å². The molecule has 0 heterocycles. The summed E-state index contributed by atoms with van der Waals surface area (Å²) in [6.45, 7) is 24.0. The molecule has 0 amide bonds. The lowest BCUT2D eigenvalue weighted by molar-refractivity contribution is -0.147. The Morgan fingerprint density at radius 2 is 1.36 bits per heavy atom. The van der Waals surface area contributed by atoms with Crippen molar-refractivity contribution in [3.05, 3.63) is 54.1 Å². The van der Waals surface area contributed by atoms with Crippen LogP contribution in [0.15, 0.2) is 48.6 Å². The highest BCUT2D eigenvalue weighted by Gasteiger charge is 2.48. The number of hydrogen-bond donors (Lipinski definition) is 0. The van der Waals surface area contributed by atoms with Gasteiger partial charge in [0.2, 0.25) is 0 Å². The summed E-state index contributed by atoms with van der Waals surface area (Å²) in [5.41, 5.74) is -0.730. The Balaban J connectivity index is 2.60. The summed E-state index contributed by atoms with van der Waals surface area (Å²) >= 11 is 0. The molecule has 56 heavy (non-hydrogen) atoms. The maximum absolute atomic E-state index is 13.6. The lowest BCUT2D eigenvalue weighted by Gasteiger charge is -2.35. The van der Waals surface area contributed by atoms with Crippen molar-refractivity contribution >= 4 is 30.9 Å². The van der Waals surface area contributed by atoms with Gasteiger partial charge in [-0.15, -0.1) is 0 Å². The number of benzene rings is 1. The van der Waals surface area contributed by atoms with E-state index in [0.717, 1.165) is 92.2 Å². The van der Waals surface area contributed by atoms with Crippen LogP contribution in [0.1, 0.15) is 114 Å². The molecule has 1 fully saturated rings. The topological polar surface area (TPSA) is 63.2 Å². The highest BCUT2D eigenvalue weighted by Crippen LogP contribution is 2.45. The third-order valence-electron chi connectivity index (χ3n) is 12.7. The van der Waals surface area contributed by atoms with Crippen molar-refractivity contribution in [3.63, 3.8) is 0 Å². The molecular formula is C44H77F3O6Si3. The number of alkyl halides is 3. The number of carbonyl (C=O) groups excluding carboxylic acids is 1. The molecule has 6 nitrogen and oxygen atoms in total. The second kappa shape index (κ2) is 24.4. The van der Waals surface area contributed by atoms with Crippen LogP contribution in [0.3, 0.4) is 0 Å². The van der Waals surface area contributed by atoms with Gasteiger partial charge >= 0.3 is 12.1 Å². The van der Waals surface area contributed by atoms with Gasteiger partial charge in [0, 0.05) is 12.3 Å². The van der Waals surface area contributed by atoms with Crippen LogP contribution in [-0.2, 0) is 29.0 Å². The number of carbonyl (C=O) groups is 1. The van der Waals surface area contributed by atoms with E-state index >= 15 is 0 Å². The summed E-state index contributed by atoms with van der Waals surface area (Å²) in [7, 11) is -6.12. The van der Waals surface area contributed by atoms with Gasteiger partial charge in [0.1, 0.15) is 12.4 Å². The summed E-state index contributed by atoms with van der Waals surface area (Å²) < 4.78 is 74.0. The highest BCUT2D eigenvalue weighted by atomic mass is 28.4. The fourth-order valence-corrected chi connectivity index (χ4v) is 16.9. The van der Waals surface area contributed by atoms with Crippen LogP contribution in [0.2, 0.25) is 54.4 Å². The van der Waals surface area contributed by atoms with Crippen LogP contribution in [0.25, 0.3) is 0 Å². The molecule has 1 saturated carbocycles. The predicted molar refractivity (Wildman–Crippen MR) is 233 cm³/mol. The molecule has 1 aliphatic rings. The number of allylic oxidation sites excluding steroid dienone is 2. The van der Waals surface area contributed by atoms with Gasteiger partial charge in [-0.2, -0.15) is 13.2 Å². The van der Waals surface area contributed by atoms with Crippen molar-refractivity contribution < 1.29 is 40.7 Å². The minimum atomic E-state index is -4.45. The minimum absolute atomic E-state index is 0.0141. The molecule has 0 N–H and O–H groups in total. The maximum atomic E-state index is 13.6. The SMILES string of the molecule is CC[Si](CC)(CC)O[C@H](/C=C/[C@@H]1[C@@H](C/C=C/CCCC(=O)OC(C)C)[C@@H](O[Si](CC)(CC)CC)C[C@H]1O[Si](CC)(CC)CC)COc1cccc(C(F)(F)F)c1. The highest BCUT2D eigenvalue weighted by molar-refractivity contribution is 6.74. The van der Waals surface area contributed by atoms with E-state index in [2.05, 4.69) is 86.6 Å². The van der Waals surface area contributed by atoms with E-state index in [-0.39, 0.29) is 48.5 Å². The van der Waals surface area contributed by atoms with Crippen molar-refractivity contribution in [2.45, 2.75) is 193 Å². The van der Waals surface area contributed by atoms with Crippen molar-refractivity contribution in [1.82, 2.24) is 0 Å². The molecule has 5 atom stereocenters. The quantitative estimate of drug-likeness (QED) is 0.0380. The number of esters is 1.